The summed E-state index contributed by atoms with van der Waals surface area (Å²) in [5, 5.41) is 11.3. The number of hydrogen-bond donors (Lipinski definition) is 2. The number of carboxylic acids is 1. The van der Waals surface area contributed by atoms with Gasteiger partial charge in [0, 0.05) is 12.0 Å². The molecule has 0 radical (unpaired) electrons. The summed E-state index contributed by atoms with van der Waals surface area (Å²) < 4.78 is 7.52. The number of amides is 1. The van der Waals surface area contributed by atoms with Crippen LogP contribution >= 0.6 is 11.7 Å². The summed E-state index contributed by atoms with van der Waals surface area (Å²) in [6.07, 6.45) is 1.77. The molecule has 1 amide bonds. The normalized spacial score (nSPS) is 11.1. The molecule has 0 spiro atoms. The number of nitrogens with one attached hydrogen (secondary N) is 1. The molecule has 6 nitrogen and oxygen atoms in total. The molecule has 1 aromatic heterocycles. The molecule has 1 aromatic rings. The van der Waals surface area contributed by atoms with Crippen molar-refractivity contribution in [1.82, 2.24) is 14.1 Å². The predicted octanol–water partition coefficient (Wildman–Crippen LogP) is 0.911. The third-order valence-corrected chi connectivity index (χ3v) is 2.49. The van der Waals surface area contributed by atoms with Gasteiger partial charge in [-0.3, -0.25) is 9.59 Å². The van der Waals surface area contributed by atoms with Crippen LogP contribution in [0.5, 0.6) is 0 Å². The number of hydrogen-bond acceptors (Lipinski definition) is 5. The van der Waals surface area contributed by atoms with E-state index in [0.717, 1.165) is 11.7 Å². The highest BCUT2D eigenvalue weighted by Crippen LogP contribution is 2.12. The molecule has 0 saturated carbocycles. The smallest absolute Gasteiger partial charge is 0.303 e. The van der Waals surface area contributed by atoms with Crippen LogP contribution in [0.4, 0.5) is 0 Å². The number of rotatable bonds is 5. The van der Waals surface area contributed by atoms with Gasteiger partial charge in [-0.25, -0.2) is 0 Å². The van der Waals surface area contributed by atoms with E-state index < -0.39 is 11.5 Å². The molecule has 0 aliphatic carbocycles. The molecule has 0 aromatic carbocycles. The highest BCUT2D eigenvalue weighted by atomic mass is 32.1. The second-order valence-electron chi connectivity index (χ2n) is 4.02. The summed E-state index contributed by atoms with van der Waals surface area (Å²) in [7, 11) is 0. The quantitative estimate of drug-likeness (QED) is 0.802. The molecular weight excluding hydrogens is 230 g/mol. The second-order valence-corrected chi connectivity index (χ2v) is 4.58. The van der Waals surface area contributed by atoms with Gasteiger partial charge in [-0.05, 0) is 20.3 Å². The number of aliphatic carboxylic acids is 1. The highest BCUT2D eigenvalue weighted by Gasteiger charge is 2.23. The summed E-state index contributed by atoms with van der Waals surface area (Å²) in [5.74, 6) is -1.21. The Balaban J connectivity index is 2.52. The average Bonchev–Trinajstić information content (AvgIpc) is 2.67. The predicted molar refractivity (Wildman–Crippen MR) is 58.3 cm³/mol. The van der Waals surface area contributed by atoms with Gasteiger partial charge in [0.2, 0.25) is 0 Å². The Labute approximate surface area is 97.0 Å². The number of carboxylic acid groups (broad SMARTS) is 1. The molecule has 0 unspecified atom stereocenters. The van der Waals surface area contributed by atoms with Crippen LogP contribution in [-0.4, -0.2) is 31.3 Å². The van der Waals surface area contributed by atoms with Gasteiger partial charge in [-0.2, -0.15) is 8.75 Å². The van der Waals surface area contributed by atoms with Crippen molar-refractivity contribution in [3.8, 4) is 0 Å². The van der Waals surface area contributed by atoms with Crippen LogP contribution in [0, 0.1) is 0 Å². The van der Waals surface area contributed by atoms with Crippen molar-refractivity contribution in [3.05, 3.63) is 11.9 Å². The van der Waals surface area contributed by atoms with Gasteiger partial charge >= 0.3 is 5.97 Å². The van der Waals surface area contributed by atoms with E-state index in [2.05, 4.69) is 14.1 Å². The van der Waals surface area contributed by atoms with Gasteiger partial charge in [-0.1, -0.05) is 0 Å². The largest absolute Gasteiger partial charge is 0.481 e. The van der Waals surface area contributed by atoms with Crippen molar-refractivity contribution in [3.63, 3.8) is 0 Å². The molecule has 0 aliphatic heterocycles. The fraction of sp³-hybridized carbons (Fsp3) is 0.556. The Hall–Kier alpha value is -1.50. The van der Waals surface area contributed by atoms with Crippen LogP contribution in [0.15, 0.2) is 6.20 Å². The first-order chi connectivity index (χ1) is 7.41. The monoisotopic (exact) mass is 243 g/mol. The first-order valence-corrected chi connectivity index (χ1v) is 5.45. The van der Waals surface area contributed by atoms with E-state index in [0.29, 0.717) is 6.42 Å². The first-order valence-electron chi connectivity index (χ1n) is 4.72. The molecule has 16 heavy (non-hydrogen) atoms. The van der Waals surface area contributed by atoms with Crippen molar-refractivity contribution in [2.75, 3.05) is 0 Å². The van der Waals surface area contributed by atoms with Crippen LogP contribution in [-0.2, 0) is 4.79 Å². The van der Waals surface area contributed by atoms with Crippen molar-refractivity contribution in [1.29, 1.82) is 0 Å². The first kappa shape index (κ1) is 12.6. The molecule has 1 heterocycles. The highest BCUT2D eigenvalue weighted by molar-refractivity contribution is 6.99. The molecular formula is C9H13N3O3S. The lowest BCUT2D eigenvalue weighted by molar-refractivity contribution is -0.137. The molecule has 2 N–H and O–H groups in total. The maximum absolute atomic E-state index is 11.6. The van der Waals surface area contributed by atoms with E-state index in [-0.39, 0.29) is 18.0 Å². The van der Waals surface area contributed by atoms with E-state index in [1.807, 2.05) is 0 Å². The lowest BCUT2D eigenvalue weighted by atomic mass is 9.98. The SMILES string of the molecule is CC(C)(CCC(=O)O)NC(=O)c1cnsn1. The zero-order valence-electron chi connectivity index (χ0n) is 9.06. The Bertz CT molecular complexity index is 375. The summed E-state index contributed by atoms with van der Waals surface area (Å²) in [6.45, 7) is 3.54. The summed E-state index contributed by atoms with van der Waals surface area (Å²) in [4.78, 5) is 22.0. The van der Waals surface area contributed by atoms with Gasteiger partial charge in [0.15, 0.2) is 5.69 Å². The summed E-state index contributed by atoms with van der Waals surface area (Å²) >= 11 is 0.957. The van der Waals surface area contributed by atoms with Gasteiger partial charge < -0.3 is 10.4 Å². The molecule has 0 saturated heterocycles. The number of carbonyl (C=O) groups is 2. The van der Waals surface area contributed by atoms with E-state index in [4.69, 9.17) is 5.11 Å². The summed E-state index contributed by atoms with van der Waals surface area (Å²) in [6, 6.07) is 0. The lowest BCUT2D eigenvalue weighted by Crippen LogP contribution is -2.43. The minimum atomic E-state index is -0.877. The van der Waals surface area contributed by atoms with Crippen molar-refractivity contribution in [2.24, 2.45) is 0 Å². The Morgan fingerprint density at radius 2 is 2.25 bits per heavy atom. The molecule has 7 heteroatoms. The minimum Gasteiger partial charge on any atom is -0.481 e. The van der Waals surface area contributed by atoms with E-state index in [1.165, 1.54) is 6.20 Å². The van der Waals surface area contributed by atoms with Crippen molar-refractivity contribution < 1.29 is 14.7 Å². The second kappa shape index (κ2) is 5.02. The summed E-state index contributed by atoms with van der Waals surface area (Å²) in [5.41, 5.74) is -0.313. The van der Waals surface area contributed by atoms with Crippen LogP contribution in [0.25, 0.3) is 0 Å². The van der Waals surface area contributed by atoms with E-state index >= 15 is 0 Å². The lowest BCUT2D eigenvalue weighted by Gasteiger charge is -2.24. The number of nitrogens with zero attached hydrogens (tertiary/aromatic N) is 2. The van der Waals surface area contributed by atoms with Crippen molar-refractivity contribution >= 4 is 23.6 Å². The Morgan fingerprint density at radius 3 is 2.75 bits per heavy atom. The zero-order valence-corrected chi connectivity index (χ0v) is 9.87. The maximum atomic E-state index is 11.6. The number of aromatic nitrogens is 2. The fourth-order valence-corrected chi connectivity index (χ4v) is 1.53. The number of carbonyl (C=O) groups excluding carboxylic acids is 1. The van der Waals surface area contributed by atoms with Gasteiger partial charge in [0.25, 0.3) is 5.91 Å². The Morgan fingerprint density at radius 1 is 1.56 bits per heavy atom. The molecule has 0 aliphatic rings. The third-order valence-electron chi connectivity index (χ3n) is 2.01. The Kier molecular flexibility index (Phi) is 3.94. The van der Waals surface area contributed by atoms with Crippen LogP contribution in [0.1, 0.15) is 37.2 Å². The average molecular weight is 243 g/mol. The molecule has 0 bridgehead atoms. The standard InChI is InChI=1S/C9H13N3O3S/c1-9(2,4-3-7(13)14)11-8(15)6-5-10-16-12-6/h5H,3-4H2,1-2H3,(H,11,15)(H,13,14). The van der Waals surface area contributed by atoms with Crippen LogP contribution < -0.4 is 5.32 Å². The van der Waals surface area contributed by atoms with Gasteiger partial charge in [0.05, 0.1) is 17.9 Å². The van der Waals surface area contributed by atoms with Crippen LogP contribution in [0.2, 0.25) is 0 Å². The molecule has 0 atom stereocenters. The van der Waals surface area contributed by atoms with Crippen LogP contribution in [0.3, 0.4) is 0 Å². The fourth-order valence-electron chi connectivity index (χ4n) is 1.12. The van der Waals surface area contributed by atoms with Gasteiger partial charge in [-0.15, -0.1) is 0 Å². The van der Waals surface area contributed by atoms with E-state index in [1.54, 1.807) is 13.8 Å². The zero-order chi connectivity index (χ0) is 12.2. The van der Waals surface area contributed by atoms with Crippen molar-refractivity contribution in [2.45, 2.75) is 32.2 Å². The molecule has 88 valence electrons. The molecule has 1 rings (SSSR count). The third kappa shape index (κ3) is 3.93. The maximum Gasteiger partial charge on any atom is 0.303 e. The van der Waals surface area contributed by atoms with Gasteiger partial charge in [0.1, 0.15) is 0 Å². The molecule has 0 fully saturated rings. The van der Waals surface area contributed by atoms with E-state index in [9.17, 15) is 9.59 Å². The minimum absolute atomic E-state index is 0.0165. The topological polar surface area (TPSA) is 92.2 Å².